The van der Waals surface area contributed by atoms with Gasteiger partial charge in [-0.1, -0.05) is 29.3 Å². The van der Waals surface area contributed by atoms with Crippen molar-refractivity contribution in [1.29, 1.82) is 0 Å². The molecule has 0 bridgehead atoms. The molecule has 1 aromatic heterocycles. The molecule has 118 valence electrons. The van der Waals surface area contributed by atoms with Crippen LogP contribution in [0.4, 0.5) is 0 Å². The molecule has 5 heteroatoms. The Labute approximate surface area is 144 Å². The Balaban J connectivity index is 1.91. The Hall–Kier alpha value is -1.71. The largest absolute Gasteiger partial charge is 0.298 e. The van der Waals surface area contributed by atoms with Crippen molar-refractivity contribution in [1.82, 2.24) is 4.98 Å². The molecule has 1 aliphatic carbocycles. The van der Waals surface area contributed by atoms with Crippen LogP contribution in [-0.4, -0.2) is 16.6 Å². The number of hydrogen-bond acceptors (Lipinski definition) is 3. The molecule has 0 amide bonds. The second-order valence-corrected chi connectivity index (χ2v) is 6.68. The number of hydrogen-bond donors (Lipinski definition) is 0. The Morgan fingerprint density at radius 3 is 2.48 bits per heavy atom. The number of pyridine rings is 1. The molecule has 0 saturated heterocycles. The number of ketones is 2. The molecule has 0 aliphatic heterocycles. The van der Waals surface area contributed by atoms with Crippen LogP contribution in [0.2, 0.25) is 10.0 Å². The van der Waals surface area contributed by atoms with Gasteiger partial charge in [0.05, 0.1) is 0 Å². The first-order valence-corrected chi connectivity index (χ1v) is 8.15. The zero-order chi connectivity index (χ0) is 16.6. The topological polar surface area (TPSA) is 47.0 Å². The molecule has 2 unspecified atom stereocenters. The fourth-order valence-corrected chi connectivity index (χ4v) is 3.90. The van der Waals surface area contributed by atoms with Gasteiger partial charge in [-0.2, -0.15) is 0 Å². The molecule has 0 N–H and O–H groups in total. The lowest BCUT2D eigenvalue weighted by Crippen LogP contribution is -2.18. The molecule has 1 aromatic carbocycles. The molecule has 1 saturated carbocycles. The monoisotopic (exact) mass is 347 g/mol. The molecule has 1 aliphatic rings. The minimum atomic E-state index is -0.857. The van der Waals surface area contributed by atoms with E-state index in [1.165, 1.54) is 0 Å². The van der Waals surface area contributed by atoms with Gasteiger partial charge in [0.15, 0.2) is 5.78 Å². The molecule has 23 heavy (non-hydrogen) atoms. The summed E-state index contributed by atoms with van der Waals surface area (Å²) in [7, 11) is 0. The quantitative estimate of drug-likeness (QED) is 0.782. The van der Waals surface area contributed by atoms with Gasteiger partial charge in [-0.3, -0.25) is 14.6 Å². The van der Waals surface area contributed by atoms with E-state index in [-0.39, 0.29) is 23.9 Å². The van der Waals surface area contributed by atoms with Crippen molar-refractivity contribution in [3.63, 3.8) is 0 Å². The summed E-state index contributed by atoms with van der Waals surface area (Å²) in [4.78, 5) is 29.4. The molecular weight excluding hydrogens is 333 g/mol. The van der Waals surface area contributed by atoms with E-state index in [0.717, 1.165) is 11.3 Å². The molecule has 3 rings (SSSR count). The summed E-state index contributed by atoms with van der Waals surface area (Å²) in [5, 5.41) is 0.750. The number of aryl methyl sites for hydroxylation is 1. The third-order valence-electron chi connectivity index (χ3n) is 4.15. The van der Waals surface area contributed by atoms with Gasteiger partial charge in [0.25, 0.3) is 0 Å². The number of carbonyl (C=O) groups excluding carboxylic acids is 2. The van der Waals surface area contributed by atoms with Crippen LogP contribution in [0.5, 0.6) is 0 Å². The molecular formula is C18H15Cl2NO2. The maximum atomic E-state index is 12.7. The maximum Gasteiger partial charge on any atom is 0.151 e. The highest BCUT2D eigenvalue weighted by Gasteiger charge is 2.43. The zero-order valence-corrected chi connectivity index (χ0v) is 14.1. The standard InChI is InChI=1S/C18H15Cl2NO2/c1-10-6-13(19)16(14(20)7-10)17-15(22)9-11(18(17)23)8-12-4-2-3-5-21-12/h2-7,11,17H,8-9H2,1H3. The minimum absolute atomic E-state index is 0.117. The van der Waals surface area contributed by atoms with E-state index in [0.29, 0.717) is 22.0 Å². The van der Waals surface area contributed by atoms with Crippen molar-refractivity contribution in [3.8, 4) is 0 Å². The van der Waals surface area contributed by atoms with Crippen LogP contribution in [0.1, 0.15) is 29.2 Å². The van der Waals surface area contributed by atoms with Crippen molar-refractivity contribution < 1.29 is 9.59 Å². The second-order valence-electron chi connectivity index (χ2n) is 5.87. The zero-order valence-electron chi connectivity index (χ0n) is 12.6. The van der Waals surface area contributed by atoms with Gasteiger partial charge in [0.1, 0.15) is 11.7 Å². The van der Waals surface area contributed by atoms with Crippen LogP contribution in [0.25, 0.3) is 0 Å². The summed E-state index contributed by atoms with van der Waals surface area (Å²) in [5.41, 5.74) is 2.14. The van der Waals surface area contributed by atoms with Gasteiger partial charge in [-0.05, 0) is 43.2 Å². The van der Waals surface area contributed by atoms with Crippen molar-refractivity contribution in [3.05, 3.63) is 63.4 Å². The first-order chi connectivity index (χ1) is 11.0. The normalized spacial score (nSPS) is 21.0. The number of nitrogens with zero attached hydrogens (tertiary/aromatic N) is 1. The molecule has 0 spiro atoms. The summed E-state index contributed by atoms with van der Waals surface area (Å²) in [6.45, 7) is 1.86. The number of halogens is 2. The third kappa shape index (κ3) is 3.17. The highest BCUT2D eigenvalue weighted by atomic mass is 35.5. The van der Waals surface area contributed by atoms with E-state index < -0.39 is 5.92 Å². The van der Waals surface area contributed by atoms with Crippen LogP contribution in [-0.2, 0) is 16.0 Å². The Morgan fingerprint density at radius 2 is 1.87 bits per heavy atom. The SMILES string of the molecule is Cc1cc(Cl)c(C2C(=O)CC(Cc3ccccn3)C2=O)c(Cl)c1. The Kier molecular flexibility index (Phi) is 4.51. The summed E-state index contributed by atoms with van der Waals surface area (Å²) < 4.78 is 0. The highest BCUT2D eigenvalue weighted by molar-refractivity contribution is 6.37. The van der Waals surface area contributed by atoms with Crippen molar-refractivity contribution in [2.45, 2.75) is 25.7 Å². The smallest absolute Gasteiger partial charge is 0.151 e. The predicted molar refractivity (Wildman–Crippen MR) is 90.0 cm³/mol. The molecule has 1 heterocycles. The number of Topliss-reactive ketones (excluding diaryl/α,β-unsaturated/α-hetero) is 2. The van der Waals surface area contributed by atoms with Crippen LogP contribution in [0, 0.1) is 12.8 Å². The van der Waals surface area contributed by atoms with Gasteiger partial charge in [-0.15, -0.1) is 0 Å². The first-order valence-electron chi connectivity index (χ1n) is 7.39. The summed E-state index contributed by atoms with van der Waals surface area (Å²) in [6, 6.07) is 9.01. The molecule has 0 radical (unpaired) electrons. The lowest BCUT2D eigenvalue weighted by atomic mass is 9.92. The number of carbonyl (C=O) groups is 2. The molecule has 3 nitrogen and oxygen atoms in total. The second kappa shape index (κ2) is 6.42. The average molecular weight is 348 g/mol. The Morgan fingerprint density at radius 1 is 1.17 bits per heavy atom. The highest BCUT2D eigenvalue weighted by Crippen LogP contribution is 2.40. The van der Waals surface area contributed by atoms with Crippen LogP contribution < -0.4 is 0 Å². The van der Waals surface area contributed by atoms with E-state index in [9.17, 15) is 9.59 Å². The van der Waals surface area contributed by atoms with Crippen LogP contribution in [0.3, 0.4) is 0 Å². The first kappa shape index (κ1) is 16.2. The van der Waals surface area contributed by atoms with Gasteiger partial charge >= 0.3 is 0 Å². The van der Waals surface area contributed by atoms with Crippen LogP contribution >= 0.6 is 23.2 Å². The van der Waals surface area contributed by atoms with E-state index in [4.69, 9.17) is 23.2 Å². The van der Waals surface area contributed by atoms with E-state index in [2.05, 4.69) is 4.98 Å². The third-order valence-corrected chi connectivity index (χ3v) is 4.78. The fraction of sp³-hybridized carbons (Fsp3) is 0.278. The summed E-state index contributed by atoms with van der Waals surface area (Å²) >= 11 is 12.5. The van der Waals surface area contributed by atoms with Crippen LogP contribution in [0.15, 0.2) is 36.5 Å². The van der Waals surface area contributed by atoms with Gasteiger partial charge in [0, 0.05) is 39.8 Å². The van der Waals surface area contributed by atoms with Crippen molar-refractivity contribution >= 4 is 34.8 Å². The van der Waals surface area contributed by atoms with Crippen molar-refractivity contribution in [2.75, 3.05) is 0 Å². The van der Waals surface area contributed by atoms with Gasteiger partial charge in [0.2, 0.25) is 0 Å². The minimum Gasteiger partial charge on any atom is -0.298 e. The average Bonchev–Trinajstić information content (AvgIpc) is 2.75. The number of aromatic nitrogens is 1. The van der Waals surface area contributed by atoms with E-state index in [1.54, 1.807) is 18.3 Å². The predicted octanol–water partition coefficient (Wildman–Crippen LogP) is 4.18. The number of rotatable bonds is 3. The maximum absolute atomic E-state index is 12.7. The lowest BCUT2D eigenvalue weighted by Gasteiger charge is -2.14. The number of benzene rings is 1. The molecule has 1 fully saturated rings. The van der Waals surface area contributed by atoms with E-state index >= 15 is 0 Å². The molecule has 2 aromatic rings. The summed E-state index contributed by atoms with van der Waals surface area (Å²) in [6.07, 6.45) is 2.35. The molecule has 2 atom stereocenters. The van der Waals surface area contributed by atoms with E-state index in [1.807, 2.05) is 25.1 Å². The van der Waals surface area contributed by atoms with Gasteiger partial charge < -0.3 is 0 Å². The fourth-order valence-electron chi connectivity index (χ4n) is 3.09. The Bertz CT molecular complexity index is 751. The van der Waals surface area contributed by atoms with Crippen molar-refractivity contribution in [2.24, 2.45) is 5.92 Å². The summed E-state index contributed by atoms with van der Waals surface area (Å²) in [5.74, 6) is -1.46. The lowest BCUT2D eigenvalue weighted by molar-refractivity contribution is -0.124. The van der Waals surface area contributed by atoms with Gasteiger partial charge in [-0.25, -0.2) is 0 Å².